The molecule has 1 aromatic carbocycles. The molecule has 1 saturated heterocycles. The maximum Gasteiger partial charge on any atom is 0.264 e. The summed E-state index contributed by atoms with van der Waals surface area (Å²) in [5.41, 5.74) is 0.446. The lowest BCUT2D eigenvalue weighted by Crippen LogP contribution is -2.52. The smallest absolute Gasteiger partial charge is 0.264 e. The molecule has 3 rings (SSSR count). The second-order valence-corrected chi connectivity index (χ2v) is 8.28. The average Bonchev–Trinajstić information content (AvgIpc) is 3.18. The number of hydrogen-bond acceptors (Lipinski definition) is 3. The molecule has 0 N–H and O–H groups in total. The Labute approximate surface area is 164 Å². The molecule has 2 amide bonds. The summed E-state index contributed by atoms with van der Waals surface area (Å²) in [7, 11) is 1.66. The van der Waals surface area contributed by atoms with E-state index in [2.05, 4.69) is 15.9 Å². The van der Waals surface area contributed by atoms with Crippen LogP contribution in [0.3, 0.4) is 0 Å². The van der Waals surface area contributed by atoms with Crippen molar-refractivity contribution in [3.05, 3.63) is 56.4 Å². The minimum atomic E-state index is -0.487. The zero-order valence-corrected chi connectivity index (χ0v) is 16.9. The molecule has 7 heteroatoms. The van der Waals surface area contributed by atoms with Crippen LogP contribution in [0, 0.1) is 5.82 Å². The molecule has 0 saturated carbocycles. The summed E-state index contributed by atoms with van der Waals surface area (Å²) in [5.74, 6) is -0.586. The third-order valence-electron chi connectivity index (χ3n) is 4.57. The fraction of sp³-hybridized carbons (Fsp3) is 0.368. The Morgan fingerprint density at radius 2 is 2.15 bits per heavy atom. The minimum Gasteiger partial charge on any atom is -0.340 e. The summed E-state index contributed by atoms with van der Waals surface area (Å²) in [6, 6.07) is 7.81. The van der Waals surface area contributed by atoms with Crippen molar-refractivity contribution in [2.24, 2.45) is 0 Å². The highest BCUT2D eigenvalue weighted by molar-refractivity contribution is 9.10. The lowest BCUT2D eigenvalue weighted by atomic mass is 10.0. The van der Waals surface area contributed by atoms with E-state index in [4.69, 9.17) is 0 Å². The number of rotatable bonds is 4. The Morgan fingerprint density at radius 1 is 1.35 bits per heavy atom. The number of halogens is 2. The molecule has 1 atom stereocenters. The SMILES string of the molecule is CN(Cc1cc(Br)ccc1F)C(=O)C1CCCCN1C(=O)c1cccs1. The topological polar surface area (TPSA) is 40.6 Å². The van der Waals surface area contributed by atoms with Gasteiger partial charge in [0.15, 0.2) is 0 Å². The molecule has 4 nitrogen and oxygen atoms in total. The van der Waals surface area contributed by atoms with Gasteiger partial charge in [-0.05, 0) is 48.9 Å². The first-order valence-corrected chi connectivity index (χ1v) is 10.2. The molecular weight excluding hydrogens is 419 g/mol. The van der Waals surface area contributed by atoms with Crippen LogP contribution in [0.5, 0.6) is 0 Å². The van der Waals surface area contributed by atoms with Crippen LogP contribution in [-0.2, 0) is 11.3 Å². The largest absolute Gasteiger partial charge is 0.340 e. The number of thiophene rings is 1. The van der Waals surface area contributed by atoms with E-state index in [-0.39, 0.29) is 24.2 Å². The molecule has 1 fully saturated rings. The van der Waals surface area contributed by atoms with Gasteiger partial charge in [-0.3, -0.25) is 9.59 Å². The van der Waals surface area contributed by atoms with E-state index in [1.807, 2.05) is 11.4 Å². The van der Waals surface area contributed by atoms with Gasteiger partial charge in [-0.15, -0.1) is 11.3 Å². The number of nitrogens with zero attached hydrogens (tertiary/aromatic N) is 2. The lowest BCUT2D eigenvalue weighted by molar-refractivity contribution is -0.136. The van der Waals surface area contributed by atoms with Crippen molar-refractivity contribution in [1.82, 2.24) is 9.80 Å². The summed E-state index contributed by atoms with van der Waals surface area (Å²) >= 11 is 4.71. The van der Waals surface area contributed by atoms with E-state index in [0.29, 0.717) is 23.4 Å². The van der Waals surface area contributed by atoms with Crippen LogP contribution in [0.25, 0.3) is 0 Å². The van der Waals surface area contributed by atoms with Gasteiger partial charge < -0.3 is 9.80 Å². The van der Waals surface area contributed by atoms with E-state index >= 15 is 0 Å². The fourth-order valence-electron chi connectivity index (χ4n) is 3.23. The van der Waals surface area contributed by atoms with Crippen molar-refractivity contribution >= 4 is 39.1 Å². The molecule has 1 aliphatic rings. The van der Waals surface area contributed by atoms with Crippen LogP contribution in [0.15, 0.2) is 40.2 Å². The first kappa shape index (κ1) is 19.0. The number of carbonyl (C=O) groups excluding carboxylic acids is 2. The predicted molar refractivity (Wildman–Crippen MR) is 104 cm³/mol. The number of benzene rings is 1. The van der Waals surface area contributed by atoms with Gasteiger partial charge in [0.25, 0.3) is 5.91 Å². The molecule has 0 radical (unpaired) electrons. The normalized spacial score (nSPS) is 17.2. The van der Waals surface area contributed by atoms with Crippen molar-refractivity contribution in [2.45, 2.75) is 31.8 Å². The second-order valence-electron chi connectivity index (χ2n) is 6.42. The molecule has 0 aliphatic carbocycles. The second kappa shape index (κ2) is 8.31. The molecule has 0 spiro atoms. The first-order chi connectivity index (χ1) is 12.5. The van der Waals surface area contributed by atoms with Gasteiger partial charge >= 0.3 is 0 Å². The summed E-state index contributed by atoms with van der Waals surface area (Å²) in [6.45, 7) is 0.744. The maximum absolute atomic E-state index is 14.0. The number of amides is 2. The number of carbonyl (C=O) groups is 2. The number of likely N-dealkylation sites (tertiary alicyclic amines) is 1. The molecule has 2 heterocycles. The van der Waals surface area contributed by atoms with Gasteiger partial charge in [-0.25, -0.2) is 4.39 Å². The molecule has 1 aromatic heterocycles. The first-order valence-electron chi connectivity index (χ1n) is 8.50. The monoisotopic (exact) mass is 438 g/mol. The van der Waals surface area contributed by atoms with E-state index in [9.17, 15) is 14.0 Å². The molecule has 1 unspecified atom stereocenters. The van der Waals surface area contributed by atoms with E-state index in [1.54, 1.807) is 30.1 Å². The Morgan fingerprint density at radius 3 is 2.88 bits per heavy atom. The van der Waals surface area contributed by atoms with Crippen molar-refractivity contribution < 1.29 is 14.0 Å². The molecule has 0 bridgehead atoms. The Bertz CT molecular complexity index is 797. The van der Waals surface area contributed by atoms with Crippen LogP contribution < -0.4 is 0 Å². The van der Waals surface area contributed by atoms with Crippen LogP contribution in [0.2, 0.25) is 0 Å². The van der Waals surface area contributed by atoms with Gasteiger partial charge in [0.2, 0.25) is 5.91 Å². The third-order valence-corrected chi connectivity index (χ3v) is 5.92. The third kappa shape index (κ3) is 4.15. The van der Waals surface area contributed by atoms with Gasteiger partial charge in [-0.2, -0.15) is 0 Å². The van der Waals surface area contributed by atoms with Crippen LogP contribution in [0.1, 0.15) is 34.5 Å². The zero-order chi connectivity index (χ0) is 18.7. The van der Waals surface area contributed by atoms with Crippen LogP contribution in [0.4, 0.5) is 4.39 Å². The fourth-order valence-corrected chi connectivity index (χ4v) is 4.31. The highest BCUT2D eigenvalue weighted by atomic mass is 79.9. The highest BCUT2D eigenvalue weighted by Crippen LogP contribution is 2.24. The Kier molecular flexibility index (Phi) is 6.09. The number of hydrogen-bond donors (Lipinski definition) is 0. The van der Waals surface area contributed by atoms with Crippen molar-refractivity contribution in [3.63, 3.8) is 0 Å². The van der Waals surface area contributed by atoms with E-state index in [1.165, 1.54) is 22.3 Å². The highest BCUT2D eigenvalue weighted by Gasteiger charge is 2.34. The summed E-state index contributed by atoms with van der Waals surface area (Å²) in [4.78, 5) is 29.6. The summed E-state index contributed by atoms with van der Waals surface area (Å²) in [5, 5.41) is 1.86. The van der Waals surface area contributed by atoms with Gasteiger partial charge in [0.1, 0.15) is 11.9 Å². The van der Waals surface area contributed by atoms with Gasteiger partial charge in [0.05, 0.1) is 4.88 Å². The summed E-state index contributed by atoms with van der Waals surface area (Å²) < 4.78 is 14.8. The molecule has 138 valence electrons. The Balaban J connectivity index is 1.75. The number of likely N-dealkylation sites (N-methyl/N-ethyl adjacent to an activating group) is 1. The molecule has 2 aromatic rings. The van der Waals surface area contributed by atoms with Gasteiger partial charge in [0, 0.05) is 30.2 Å². The predicted octanol–water partition coefficient (Wildman–Crippen LogP) is 4.30. The van der Waals surface area contributed by atoms with Gasteiger partial charge in [-0.1, -0.05) is 22.0 Å². The molecule has 1 aliphatic heterocycles. The van der Waals surface area contributed by atoms with Crippen molar-refractivity contribution in [2.75, 3.05) is 13.6 Å². The van der Waals surface area contributed by atoms with E-state index in [0.717, 1.165) is 17.3 Å². The zero-order valence-electron chi connectivity index (χ0n) is 14.5. The van der Waals surface area contributed by atoms with Crippen molar-refractivity contribution in [1.29, 1.82) is 0 Å². The average molecular weight is 439 g/mol. The standard InChI is InChI=1S/C19H20BrFN2O2S/c1-22(12-13-11-14(20)7-8-15(13)21)18(24)16-5-2-3-9-23(16)19(25)17-6-4-10-26-17/h4,6-8,10-11,16H,2-3,5,9,12H2,1H3. The Hall–Kier alpha value is -1.73. The molecular formula is C19H20BrFN2O2S. The van der Waals surface area contributed by atoms with Crippen molar-refractivity contribution in [3.8, 4) is 0 Å². The quantitative estimate of drug-likeness (QED) is 0.713. The maximum atomic E-state index is 14.0. The van der Waals surface area contributed by atoms with E-state index < -0.39 is 6.04 Å². The summed E-state index contributed by atoms with van der Waals surface area (Å²) in [6.07, 6.45) is 2.44. The van der Waals surface area contributed by atoms with Crippen LogP contribution >= 0.6 is 27.3 Å². The minimum absolute atomic E-state index is 0.0971. The lowest BCUT2D eigenvalue weighted by Gasteiger charge is -2.36. The van der Waals surface area contributed by atoms with Crippen LogP contribution in [-0.4, -0.2) is 41.2 Å². The molecule has 26 heavy (non-hydrogen) atoms. The number of piperidine rings is 1.